The van der Waals surface area contributed by atoms with Gasteiger partial charge in [-0.3, -0.25) is 9.59 Å². The van der Waals surface area contributed by atoms with E-state index in [0.717, 1.165) is 64.8 Å². The van der Waals surface area contributed by atoms with Crippen LogP contribution in [0.5, 0.6) is 11.5 Å². The normalized spacial score (nSPS) is 19.4. The monoisotopic (exact) mass is 485 g/mol. The molecule has 1 aliphatic heterocycles. The second kappa shape index (κ2) is 9.03. The minimum Gasteiger partial charge on any atom is -0.493 e. The Morgan fingerprint density at radius 3 is 2.23 bits per heavy atom. The Kier molecular flexibility index (Phi) is 6.37. The van der Waals surface area contributed by atoms with Crippen molar-refractivity contribution in [1.82, 2.24) is 4.90 Å². The maximum absolute atomic E-state index is 13.2. The molecule has 0 N–H and O–H groups in total. The van der Waals surface area contributed by atoms with Crippen molar-refractivity contribution in [3.05, 3.63) is 57.4 Å². The summed E-state index contributed by atoms with van der Waals surface area (Å²) >= 11 is 3.62. The fourth-order valence-electron chi connectivity index (χ4n) is 5.12. The van der Waals surface area contributed by atoms with Crippen LogP contribution in [0.3, 0.4) is 0 Å². The molecule has 31 heavy (non-hydrogen) atoms. The molecular formula is C25H28BrNO4. The Morgan fingerprint density at radius 1 is 1.10 bits per heavy atom. The van der Waals surface area contributed by atoms with Gasteiger partial charge in [0.25, 0.3) is 0 Å². The molecule has 0 atom stereocenters. The van der Waals surface area contributed by atoms with E-state index in [-0.39, 0.29) is 17.5 Å². The van der Waals surface area contributed by atoms with E-state index >= 15 is 0 Å². The number of methoxy groups -OCH3 is 1. The Hall–Kier alpha value is -2.34. The molecule has 2 aliphatic carbocycles. The molecule has 164 valence electrons. The lowest BCUT2D eigenvalue weighted by Crippen LogP contribution is -2.39. The molecule has 3 aliphatic rings. The average molecular weight is 486 g/mol. The lowest BCUT2D eigenvalue weighted by atomic mass is 9.71. The van der Waals surface area contributed by atoms with Gasteiger partial charge >= 0.3 is 0 Å². The molecule has 5 nitrogen and oxygen atoms in total. The Balaban J connectivity index is 1.93. The molecule has 0 saturated carbocycles. The minimum atomic E-state index is -0.355. The zero-order chi connectivity index (χ0) is 22.1. The molecule has 0 aromatic heterocycles. The molecule has 6 heteroatoms. The molecule has 0 fully saturated rings. The van der Waals surface area contributed by atoms with Crippen LogP contribution in [0.15, 0.2) is 51.8 Å². The lowest BCUT2D eigenvalue weighted by molar-refractivity contribution is -0.117. The number of hydrogen-bond donors (Lipinski definition) is 0. The molecule has 1 aromatic carbocycles. The standard InChI is InChI=1S/C25H28BrNO4/c1-4-12-31-25-16(26)13-15(14-21(25)30-3)22-23-17(8-6-10-19(23)28)27(5-2)18-9-7-11-20(29)24(18)22/h4,13-14,22H,1,5-12H2,2-3H3. The topological polar surface area (TPSA) is 55.8 Å². The van der Waals surface area contributed by atoms with Gasteiger partial charge in [0.05, 0.1) is 11.6 Å². The molecule has 0 amide bonds. The van der Waals surface area contributed by atoms with Crippen molar-refractivity contribution in [2.75, 3.05) is 20.3 Å². The summed E-state index contributed by atoms with van der Waals surface area (Å²) in [6.45, 7) is 6.92. The van der Waals surface area contributed by atoms with Crippen LogP contribution in [0.1, 0.15) is 56.9 Å². The predicted octanol–water partition coefficient (Wildman–Crippen LogP) is 5.46. The van der Waals surface area contributed by atoms with E-state index in [9.17, 15) is 9.59 Å². The van der Waals surface area contributed by atoms with E-state index in [1.165, 1.54) is 0 Å². The van der Waals surface area contributed by atoms with Crippen LogP contribution in [0.2, 0.25) is 0 Å². The van der Waals surface area contributed by atoms with Crippen LogP contribution >= 0.6 is 15.9 Å². The van der Waals surface area contributed by atoms with Crippen molar-refractivity contribution in [3.8, 4) is 11.5 Å². The van der Waals surface area contributed by atoms with E-state index in [2.05, 4.69) is 34.3 Å². The third-order valence-corrected chi connectivity index (χ3v) is 6.92. The first-order valence-electron chi connectivity index (χ1n) is 10.9. The number of carbonyl (C=O) groups excluding carboxylic acids is 2. The van der Waals surface area contributed by atoms with Crippen LogP contribution in [0.4, 0.5) is 0 Å². The summed E-state index contributed by atoms with van der Waals surface area (Å²) in [5.41, 5.74) is 4.65. The van der Waals surface area contributed by atoms with Crippen molar-refractivity contribution < 1.29 is 19.1 Å². The highest BCUT2D eigenvalue weighted by molar-refractivity contribution is 9.10. The molecule has 0 bridgehead atoms. The van der Waals surface area contributed by atoms with Gasteiger partial charge in [-0.1, -0.05) is 12.7 Å². The summed E-state index contributed by atoms with van der Waals surface area (Å²) in [6.07, 6.45) is 6.20. The average Bonchev–Trinajstić information content (AvgIpc) is 2.76. The van der Waals surface area contributed by atoms with Gasteiger partial charge in [0, 0.05) is 47.8 Å². The summed E-state index contributed by atoms with van der Waals surface area (Å²) in [4.78, 5) is 28.7. The molecule has 0 unspecified atom stereocenters. The van der Waals surface area contributed by atoms with E-state index in [1.54, 1.807) is 13.2 Å². The zero-order valence-corrected chi connectivity index (χ0v) is 19.7. The largest absolute Gasteiger partial charge is 0.493 e. The third-order valence-electron chi connectivity index (χ3n) is 6.33. The maximum Gasteiger partial charge on any atom is 0.175 e. The number of nitrogens with zero attached hydrogens (tertiary/aromatic N) is 1. The predicted molar refractivity (Wildman–Crippen MR) is 123 cm³/mol. The SMILES string of the molecule is C=CCOc1c(Br)cc(C2C3=C(CCCC3=O)N(CC)C3=C2C(=O)CCC3)cc1OC. The van der Waals surface area contributed by atoms with Crippen LogP contribution in [-0.2, 0) is 9.59 Å². The lowest BCUT2D eigenvalue weighted by Gasteiger charge is -2.43. The first-order chi connectivity index (χ1) is 15.0. The van der Waals surface area contributed by atoms with Crippen LogP contribution in [0, 0.1) is 0 Å². The summed E-state index contributed by atoms with van der Waals surface area (Å²) in [5.74, 6) is 1.10. The fourth-order valence-corrected chi connectivity index (χ4v) is 5.69. The van der Waals surface area contributed by atoms with Gasteiger partial charge in [-0.2, -0.15) is 0 Å². The van der Waals surface area contributed by atoms with Crippen molar-refractivity contribution in [1.29, 1.82) is 0 Å². The molecule has 4 rings (SSSR count). The Labute approximate surface area is 191 Å². The summed E-state index contributed by atoms with van der Waals surface area (Å²) < 4.78 is 12.1. The highest BCUT2D eigenvalue weighted by Gasteiger charge is 2.43. The van der Waals surface area contributed by atoms with Crippen LogP contribution < -0.4 is 9.47 Å². The van der Waals surface area contributed by atoms with E-state index < -0.39 is 0 Å². The quantitative estimate of drug-likeness (QED) is 0.501. The molecule has 1 heterocycles. The second-order valence-corrected chi connectivity index (χ2v) is 8.94. The van der Waals surface area contributed by atoms with E-state index in [1.807, 2.05) is 12.1 Å². The molecule has 0 saturated heterocycles. The van der Waals surface area contributed by atoms with Gasteiger partial charge in [-0.25, -0.2) is 0 Å². The van der Waals surface area contributed by atoms with Gasteiger partial charge in [0.1, 0.15) is 6.61 Å². The number of benzene rings is 1. The van der Waals surface area contributed by atoms with E-state index in [0.29, 0.717) is 30.9 Å². The maximum atomic E-state index is 13.2. The van der Waals surface area contributed by atoms with E-state index in [4.69, 9.17) is 9.47 Å². The van der Waals surface area contributed by atoms with Gasteiger partial charge in [-0.15, -0.1) is 0 Å². The number of halogens is 1. The second-order valence-electron chi connectivity index (χ2n) is 8.09. The summed E-state index contributed by atoms with van der Waals surface area (Å²) in [7, 11) is 1.60. The highest BCUT2D eigenvalue weighted by Crippen LogP contribution is 2.51. The fraction of sp³-hybridized carbons (Fsp3) is 0.440. The van der Waals surface area contributed by atoms with Gasteiger partial charge in [-0.05, 0) is 66.2 Å². The number of allylic oxidation sites excluding steroid dienone is 4. The van der Waals surface area contributed by atoms with Gasteiger partial charge < -0.3 is 14.4 Å². The number of Topliss-reactive ketones (excluding diaryl/α,β-unsaturated/α-hetero) is 2. The Morgan fingerprint density at radius 2 is 1.71 bits per heavy atom. The number of ketones is 2. The first-order valence-corrected chi connectivity index (χ1v) is 11.7. The van der Waals surface area contributed by atoms with Gasteiger partial charge in [0.15, 0.2) is 23.1 Å². The van der Waals surface area contributed by atoms with Gasteiger partial charge in [0.2, 0.25) is 0 Å². The Bertz CT molecular complexity index is 963. The smallest absolute Gasteiger partial charge is 0.175 e. The van der Waals surface area contributed by atoms with Crippen molar-refractivity contribution in [3.63, 3.8) is 0 Å². The first kappa shape index (κ1) is 21.9. The molecule has 0 radical (unpaired) electrons. The summed E-state index contributed by atoms with van der Waals surface area (Å²) in [5, 5.41) is 0. The number of ether oxygens (including phenoxy) is 2. The minimum absolute atomic E-state index is 0.150. The third kappa shape index (κ3) is 3.75. The number of hydrogen-bond acceptors (Lipinski definition) is 5. The number of carbonyl (C=O) groups is 2. The highest BCUT2D eigenvalue weighted by atomic mass is 79.9. The molecule has 1 aromatic rings. The van der Waals surface area contributed by atoms with Crippen LogP contribution in [0.25, 0.3) is 0 Å². The molecule has 0 spiro atoms. The van der Waals surface area contributed by atoms with Crippen molar-refractivity contribution in [2.24, 2.45) is 0 Å². The van der Waals surface area contributed by atoms with Crippen LogP contribution in [-0.4, -0.2) is 36.7 Å². The van der Waals surface area contributed by atoms with Crippen molar-refractivity contribution in [2.45, 2.75) is 51.4 Å². The summed E-state index contributed by atoms with van der Waals surface area (Å²) in [6, 6.07) is 3.88. The molecular weight excluding hydrogens is 458 g/mol. The van der Waals surface area contributed by atoms with Crippen molar-refractivity contribution >= 4 is 27.5 Å². The zero-order valence-electron chi connectivity index (χ0n) is 18.1. The number of rotatable bonds is 6.